The second kappa shape index (κ2) is 10.5. The molecule has 9 atom stereocenters. The van der Waals surface area contributed by atoms with Crippen LogP contribution in [0.15, 0.2) is 12.3 Å². The third-order valence-electron chi connectivity index (χ3n) is 11.2. The molecule has 2 saturated heterocycles. The molecule has 0 radical (unpaired) electrons. The van der Waals surface area contributed by atoms with Gasteiger partial charge in [-0.2, -0.15) is 5.26 Å². The van der Waals surface area contributed by atoms with Crippen LogP contribution in [-0.4, -0.2) is 93.0 Å². The van der Waals surface area contributed by atoms with Crippen LogP contribution in [0.1, 0.15) is 52.9 Å². The van der Waals surface area contributed by atoms with E-state index in [9.17, 15) is 37.6 Å². The number of nitriles is 1. The Morgan fingerprint density at radius 3 is 2.52 bits per heavy atom. The van der Waals surface area contributed by atoms with Gasteiger partial charge >= 0.3 is 0 Å². The molecule has 258 valence electrons. The van der Waals surface area contributed by atoms with Crippen molar-refractivity contribution >= 4 is 29.4 Å². The first kappa shape index (κ1) is 32.5. The van der Waals surface area contributed by atoms with Gasteiger partial charge in [-0.25, -0.2) is 26.9 Å². The third kappa shape index (κ3) is 4.89. The van der Waals surface area contributed by atoms with Crippen molar-refractivity contribution in [3.63, 3.8) is 0 Å². The summed E-state index contributed by atoms with van der Waals surface area (Å²) < 4.78 is 77.4. The maximum absolute atomic E-state index is 15.3. The van der Waals surface area contributed by atoms with Crippen molar-refractivity contribution in [2.24, 2.45) is 29.1 Å². The molecule has 6 aliphatic rings. The molecular weight excluding hydrogens is 643 g/mol. The average molecular weight is 679 g/mol. The van der Waals surface area contributed by atoms with E-state index in [0.717, 1.165) is 17.2 Å². The zero-order valence-corrected chi connectivity index (χ0v) is 26.4. The van der Waals surface area contributed by atoms with Gasteiger partial charge in [0.1, 0.15) is 30.1 Å². The van der Waals surface area contributed by atoms with Crippen LogP contribution in [-0.2, 0) is 19.2 Å². The predicted octanol–water partition coefficient (Wildman–Crippen LogP) is 2.90. The van der Waals surface area contributed by atoms with Crippen molar-refractivity contribution < 1.29 is 45.9 Å². The summed E-state index contributed by atoms with van der Waals surface area (Å²) in [6.07, 6.45) is -2.49. The van der Waals surface area contributed by atoms with Gasteiger partial charge in [-0.05, 0) is 41.9 Å². The first-order valence-corrected chi connectivity index (χ1v) is 16.0. The van der Waals surface area contributed by atoms with Crippen LogP contribution in [0.4, 0.5) is 27.8 Å². The summed E-state index contributed by atoms with van der Waals surface area (Å²) in [6, 6.07) is -0.920. The highest BCUT2D eigenvalue weighted by Gasteiger charge is 2.66. The number of hydrogen-bond acceptors (Lipinski definition) is 7. The van der Waals surface area contributed by atoms with E-state index >= 15 is 8.78 Å². The summed E-state index contributed by atoms with van der Waals surface area (Å²) >= 11 is 0. The summed E-state index contributed by atoms with van der Waals surface area (Å²) in [4.78, 5) is 61.5. The average Bonchev–Trinajstić information content (AvgIpc) is 3.74. The number of carbonyl (C=O) groups is 4. The summed E-state index contributed by atoms with van der Waals surface area (Å²) in [5.41, 5.74) is -5.73. The standard InChI is InChI=1S/C32H35F5N6O5/c1-29(2,3)23(40-27(46)30(35)11-32(36,37)12-30)26(45)42-10-18-14-4-17(19(34)5-14)21(18)22(42)25(44)43-13-31(7-16(43)8-38)28(47)41-24-20(48-31)6-15(33)9-39-24/h6,9,14,16-19,21-23H,4-5,7,10-13H2,1-3H3,(H,40,46)(H,39,41,47). The maximum atomic E-state index is 15.3. The predicted molar refractivity (Wildman–Crippen MR) is 155 cm³/mol. The number of nitrogens with zero attached hydrogens (tertiary/aromatic N) is 4. The summed E-state index contributed by atoms with van der Waals surface area (Å²) in [7, 11) is 0. The summed E-state index contributed by atoms with van der Waals surface area (Å²) in [6.45, 7) is 4.37. The molecule has 4 amide bonds. The van der Waals surface area contributed by atoms with Crippen LogP contribution < -0.4 is 15.4 Å². The number of carbonyl (C=O) groups excluding carboxylic acids is 4. The van der Waals surface area contributed by atoms with E-state index in [1.54, 1.807) is 20.8 Å². The fourth-order valence-corrected chi connectivity index (χ4v) is 8.95. The smallest absolute Gasteiger partial charge is 0.271 e. The number of anilines is 1. The Morgan fingerprint density at radius 2 is 1.88 bits per heavy atom. The van der Waals surface area contributed by atoms with Gasteiger partial charge in [-0.3, -0.25) is 19.2 Å². The lowest BCUT2D eigenvalue weighted by atomic mass is 9.76. The number of pyridine rings is 1. The molecule has 2 N–H and O–H groups in total. The highest BCUT2D eigenvalue weighted by atomic mass is 19.3. The molecule has 4 heterocycles. The first-order valence-electron chi connectivity index (χ1n) is 16.0. The largest absolute Gasteiger partial charge is 0.471 e. The van der Waals surface area contributed by atoms with Crippen molar-refractivity contribution in [3.05, 3.63) is 18.1 Å². The molecular formula is C32H35F5N6O5. The number of rotatable bonds is 4. The van der Waals surface area contributed by atoms with Gasteiger partial charge in [-0.15, -0.1) is 0 Å². The Kier molecular flexibility index (Phi) is 7.10. The third-order valence-corrected chi connectivity index (χ3v) is 11.2. The van der Waals surface area contributed by atoms with E-state index in [2.05, 4.69) is 15.6 Å². The van der Waals surface area contributed by atoms with Crippen LogP contribution in [0.5, 0.6) is 5.75 Å². The zero-order chi connectivity index (χ0) is 34.7. The maximum Gasteiger partial charge on any atom is 0.271 e. The second-order valence-electron chi connectivity index (χ2n) is 15.4. The van der Waals surface area contributed by atoms with Gasteiger partial charge in [-0.1, -0.05) is 20.8 Å². The normalized spacial score (nSPS) is 36.0. The molecule has 16 heteroatoms. The van der Waals surface area contributed by atoms with Crippen molar-refractivity contribution in [3.8, 4) is 11.8 Å². The highest BCUT2D eigenvalue weighted by molar-refractivity contribution is 6.01. The van der Waals surface area contributed by atoms with E-state index in [4.69, 9.17) is 4.74 Å². The topological polar surface area (TPSA) is 145 Å². The van der Waals surface area contributed by atoms with Gasteiger partial charge < -0.3 is 25.2 Å². The lowest BCUT2D eigenvalue weighted by Crippen LogP contribution is -2.64. The molecule has 5 fully saturated rings. The summed E-state index contributed by atoms with van der Waals surface area (Å²) in [5.74, 6) is -9.37. The number of hydrogen-bond donors (Lipinski definition) is 2. The molecule has 1 aromatic rings. The quantitative estimate of drug-likeness (QED) is 0.466. The molecule has 1 spiro atoms. The molecule has 48 heavy (non-hydrogen) atoms. The molecule has 0 aromatic carbocycles. The Balaban J connectivity index is 1.20. The second-order valence-corrected chi connectivity index (χ2v) is 15.4. The minimum Gasteiger partial charge on any atom is -0.471 e. The van der Waals surface area contributed by atoms with Crippen LogP contribution in [0.25, 0.3) is 0 Å². The number of aromatic nitrogens is 1. The van der Waals surface area contributed by atoms with Crippen LogP contribution in [0.2, 0.25) is 0 Å². The molecule has 3 saturated carbocycles. The molecule has 3 aliphatic heterocycles. The number of halogens is 5. The monoisotopic (exact) mass is 678 g/mol. The Labute approximate surface area is 272 Å². The molecule has 9 unspecified atom stereocenters. The summed E-state index contributed by atoms with van der Waals surface area (Å²) in [5, 5.41) is 15.0. The molecule has 11 nitrogen and oxygen atoms in total. The molecule has 2 bridgehead atoms. The number of likely N-dealkylation sites (tertiary alicyclic amines) is 2. The van der Waals surface area contributed by atoms with Crippen molar-refractivity contribution in [2.75, 3.05) is 18.4 Å². The molecule has 1 aromatic heterocycles. The SMILES string of the molecule is CC(C)(C)C(NC(=O)C1(F)CC(F)(F)C1)C(=O)N1CC2C3CC(F)C(C3)C2C1C(=O)N1CC2(CC1C#N)Oc1cc(F)cnc1NC2=O. The van der Waals surface area contributed by atoms with Crippen molar-refractivity contribution in [1.82, 2.24) is 20.1 Å². The van der Waals surface area contributed by atoms with Crippen LogP contribution in [0, 0.1) is 46.2 Å². The number of fused-ring (bicyclic) bond motifs is 6. The van der Waals surface area contributed by atoms with E-state index < -0.39 is 108 Å². The number of ether oxygens (including phenoxy) is 1. The Morgan fingerprint density at radius 1 is 1.17 bits per heavy atom. The van der Waals surface area contributed by atoms with Crippen LogP contribution >= 0.6 is 0 Å². The van der Waals surface area contributed by atoms with Crippen molar-refractivity contribution in [2.45, 2.75) is 94.4 Å². The molecule has 3 aliphatic carbocycles. The number of nitrogens with one attached hydrogen (secondary N) is 2. The van der Waals surface area contributed by atoms with E-state index in [-0.39, 0.29) is 42.8 Å². The lowest BCUT2D eigenvalue weighted by Gasteiger charge is -2.42. The Hall–Kier alpha value is -4.03. The fourth-order valence-electron chi connectivity index (χ4n) is 8.95. The highest BCUT2D eigenvalue weighted by Crippen LogP contribution is 2.59. The lowest BCUT2D eigenvalue weighted by molar-refractivity contribution is -0.185. The van der Waals surface area contributed by atoms with Crippen molar-refractivity contribution in [1.29, 1.82) is 5.26 Å². The minimum atomic E-state index is -3.35. The minimum absolute atomic E-state index is 0.0284. The van der Waals surface area contributed by atoms with E-state index in [0.29, 0.717) is 6.42 Å². The Bertz CT molecular complexity index is 1640. The van der Waals surface area contributed by atoms with Gasteiger partial charge in [0.2, 0.25) is 17.4 Å². The zero-order valence-electron chi connectivity index (χ0n) is 26.4. The number of amides is 4. The van der Waals surface area contributed by atoms with Crippen LogP contribution in [0.3, 0.4) is 0 Å². The first-order chi connectivity index (χ1) is 22.4. The van der Waals surface area contributed by atoms with Gasteiger partial charge in [0, 0.05) is 19.0 Å². The fraction of sp³-hybridized carbons (Fsp3) is 0.688. The van der Waals surface area contributed by atoms with Gasteiger partial charge in [0.05, 0.1) is 31.7 Å². The molecule has 7 rings (SSSR count). The van der Waals surface area contributed by atoms with E-state index in [1.165, 1.54) is 4.90 Å². The van der Waals surface area contributed by atoms with E-state index in [1.807, 2.05) is 6.07 Å². The number of alkyl halides is 4. The van der Waals surface area contributed by atoms with Gasteiger partial charge in [0.25, 0.3) is 17.7 Å². The van der Waals surface area contributed by atoms with Gasteiger partial charge in [0.15, 0.2) is 17.2 Å².